The summed E-state index contributed by atoms with van der Waals surface area (Å²) in [5.41, 5.74) is 2.56. The Morgan fingerprint density at radius 2 is 2.14 bits per heavy atom. The van der Waals surface area contributed by atoms with Crippen LogP contribution in [-0.2, 0) is 4.74 Å². The maximum absolute atomic E-state index is 9.56. The number of benzene rings is 1. The quantitative estimate of drug-likeness (QED) is 0.757. The van der Waals surface area contributed by atoms with Gasteiger partial charge in [0.05, 0.1) is 36.5 Å². The molecule has 3 rings (SSSR count). The van der Waals surface area contributed by atoms with Gasteiger partial charge in [0.2, 0.25) is 0 Å². The lowest BCUT2D eigenvalue weighted by Crippen LogP contribution is -2.11. The summed E-state index contributed by atoms with van der Waals surface area (Å²) < 4.78 is 11.0. The van der Waals surface area contributed by atoms with Crippen molar-refractivity contribution in [1.29, 1.82) is 0 Å². The maximum Gasteiger partial charge on any atom is 0.147 e. The molecule has 0 radical (unpaired) electrons. The number of nitrogens with one attached hydrogen (secondary N) is 1. The number of H-pyrrole nitrogens is 1. The monoisotopic (exact) mass is 286 g/mol. The van der Waals surface area contributed by atoms with E-state index in [4.69, 9.17) is 9.47 Å². The van der Waals surface area contributed by atoms with Crippen molar-refractivity contribution in [3.05, 3.63) is 36.2 Å². The van der Waals surface area contributed by atoms with E-state index in [0.29, 0.717) is 18.1 Å². The second-order valence-electron chi connectivity index (χ2n) is 4.76. The largest absolute Gasteiger partial charge is 0.494 e. The molecule has 0 saturated carbocycles. The zero-order chi connectivity index (χ0) is 14.8. The molecule has 21 heavy (non-hydrogen) atoms. The Labute approximate surface area is 122 Å². The van der Waals surface area contributed by atoms with E-state index >= 15 is 0 Å². The minimum Gasteiger partial charge on any atom is -0.494 e. The van der Waals surface area contributed by atoms with E-state index in [1.165, 1.54) is 0 Å². The molecule has 5 nitrogen and oxygen atoms in total. The number of nitrogens with zero attached hydrogens (tertiary/aromatic N) is 1. The zero-order valence-corrected chi connectivity index (χ0v) is 12.1. The summed E-state index contributed by atoms with van der Waals surface area (Å²) in [6.45, 7) is 2.30. The maximum atomic E-state index is 9.56. The number of aliphatic hydroxyl groups is 1. The Bertz CT molecular complexity index is 767. The second kappa shape index (κ2) is 5.71. The Morgan fingerprint density at radius 3 is 2.86 bits per heavy atom. The predicted octanol–water partition coefficient (Wildman–Crippen LogP) is 2.79. The van der Waals surface area contributed by atoms with Crippen LogP contribution in [0, 0.1) is 0 Å². The molecule has 0 spiro atoms. The molecule has 0 aliphatic heterocycles. The Balaban J connectivity index is 2.32. The lowest BCUT2D eigenvalue weighted by molar-refractivity contribution is 0.0171. The van der Waals surface area contributed by atoms with Crippen LogP contribution in [0.25, 0.3) is 21.8 Å². The molecule has 0 bridgehead atoms. The molecule has 2 heterocycles. The van der Waals surface area contributed by atoms with Gasteiger partial charge in [-0.1, -0.05) is 18.2 Å². The van der Waals surface area contributed by atoms with Crippen LogP contribution in [0.5, 0.6) is 5.75 Å². The summed E-state index contributed by atoms with van der Waals surface area (Å²) in [5.74, 6) is 0.708. The van der Waals surface area contributed by atoms with Gasteiger partial charge in [-0.2, -0.15) is 0 Å². The normalized spacial score (nSPS) is 12.9. The highest BCUT2D eigenvalue weighted by molar-refractivity contribution is 6.11. The van der Waals surface area contributed by atoms with Crippen LogP contribution in [0.4, 0.5) is 0 Å². The minimum absolute atomic E-state index is 0.113. The van der Waals surface area contributed by atoms with Gasteiger partial charge in [-0.15, -0.1) is 0 Å². The SMILES string of the molecule is CCO[C@H](CO)c1ncc(OC)c2c1[nH]c1ccccc12. The van der Waals surface area contributed by atoms with Gasteiger partial charge >= 0.3 is 0 Å². The molecule has 0 aliphatic carbocycles. The zero-order valence-electron chi connectivity index (χ0n) is 12.1. The number of aromatic nitrogens is 2. The van der Waals surface area contributed by atoms with Gasteiger partial charge in [0, 0.05) is 17.5 Å². The van der Waals surface area contributed by atoms with Crippen LogP contribution in [0.15, 0.2) is 30.5 Å². The third-order valence-corrected chi connectivity index (χ3v) is 3.59. The molecule has 3 aromatic rings. The summed E-state index contributed by atoms with van der Waals surface area (Å²) in [6, 6.07) is 8.01. The summed E-state index contributed by atoms with van der Waals surface area (Å²) in [7, 11) is 1.63. The molecule has 1 atom stereocenters. The number of aromatic amines is 1. The predicted molar refractivity (Wildman–Crippen MR) is 81.6 cm³/mol. The van der Waals surface area contributed by atoms with E-state index in [-0.39, 0.29) is 6.61 Å². The molecular weight excluding hydrogens is 268 g/mol. The first-order valence-electron chi connectivity index (χ1n) is 6.95. The first kappa shape index (κ1) is 13.9. The average Bonchev–Trinajstić information content (AvgIpc) is 2.91. The van der Waals surface area contributed by atoms with Gasteiger partial charge in [0.15, 0.2) is 0 Å². The number of hydrogen-bond acceptors (Lipinski definition) is 4. The topological polar surface area (TPSA) is 67.4 Å². The standard InChI is InChI=1S/C16H18N2O3/c1-3-21-13(9-19)15-16-14(12(20-2)8-17-15)10-6-4-5-7-11(10)18-16/h4-8,13,18-19H,3,9H2,1-2H3/t13-/m1/s1. The van der Waals surface area contributed by atoms with Crippen molar-refractivity contribution < 1.29 is 14.6 Å². The molecule has 0 saturated heterocycles. The molecule has 5 heteroatoms. The molecule has 2 N–H and O–H groups in total. The summed E-state index contributed by atoms with van der Waals surface area (Å²) in [6.07, 6.45) is 1.23. The Morgan fingerprint density at radius 1 is 1.33 bits per heavy atom. The second-order valence-corrected chi connectivity index (χ2v) is 4.76. The Kier molecular flexibility index (Phi) is 3.77. The van der Waals surface area contributed by atoms with Gasteiger partial charge in [-0.25, -0.2) is 0 Å². The fraction of sp³-hybridized carbons (Fsp3) is 0.312. The summed E-state index contributed by atoms with van der Waals surface area (Å²) in [4.78, 5) is 7.78. The van der Waals surface area contributed by atoms with E-state index in [2.05, 4.69) is 9.97 Å². The number of fused-ring (bicyclic) bond motifs is 3. The van der Waals surface area contributed by atoms with Gasteiger partial charge in [-0.05, 0) is 13.0 Å². The lowest BCUT2D eigenvalue weighted by atomic mass is 10.1. The number of pyridine rings is 1. The number of aliphatic hydroxyl groups excluding tert-OH is 1. The highest BCUT2D eigenvalue weighted by Crippen LogP contribution is 2.36. The highest BCUT2D eigenvalue weighted by atomic mass is 16.5. The van der Waals surface area contributed by atoms with Gasteiger partial charge in [0.25, 0.3) is 0 Å². The van der Waals surface area contributed by atoms with E-state index in [0.717, 1.165) is 21.8 Å². The van der Waals surface area contributed by atoms with Crippen LogP contribution in [0.1, 0.15) is 18.7 Å². The van der Waals surface area contributed by atoms with Gasteiger partial charge in [-0.3, -0.25) is 4.98 Å². The molecule has 0 amide bonds. The number of hydrogen-bond donors (Lipinski definition) is 2. The van der Waals surface area contributed by atoms with Gasteiger partial charge in [0.1, 0.15) is 11.9 Å². The molecule has 0 aliphatic rings. The smallest absolute Gasteiger partial charge is 0.147 e. The minimum atomic E-state index is -0.448. The first-order chi connectivity index (χ1) is 10.3. The van der Waals surface area contributed by atoms with Crippen molar-refractivity contribution in [1.82, 2.24) is 9.97 Å². The summed E-state index contributed by atoms with van der Waals surface area (Å²) >= 11 is 0. The van der Waals surface area contributed by atoms with Crippen molar-refractivity contribution in [2.75, 3.05) is 20.3 Å². The lowest BCUT2D eigenvalue weighted by Gasteiger charge is -2.15. The van der Waals surface area contributed by atoms with E-state index < -0.39 is 6.10 Å². The number of methoxy groups -OCH3 is 1. The van der Waals surface area contributed by atoms with Crippen LogP contribution >= 0.6 is 0 Å². The molecular formula is C16H18N2O3. The van der Waals surface area contributed by atoms with Crippen LogP contribution in [0.2, 0.25) is 0 Å². The average molecular weight is 286 g/mol. The van der Waals surface area contributed by atoms with Crippen molar-refractivity contribution in [2.24, 2.45) is 0 Å². The van der Waals surface area contributed by atoms with Crippen LogP contribution in [-0.4, -0.2) is 35.4 Å². The molecule has 110 valence electrons. The van der Waals surface area contributed by atoms with E-state index in [1.807, 2.05) is 31.2 Å². The van der Waals surface area contributed by atoms with E-state index in [1.54, 1.807) is 13.3 Å². The molecule has 0 fully saturated rings. The third kappa shape index (κ3) is 2.24. The van der Waals surface area contributed by atoms with Gasteiger partial charge < -0.3 is 19.6 Å². The molecule has 2 aromatic heterocycles. The van der Waals surface area contributed by atoms with Crippen molar-refractivity contribution >= 4 is 21.8 Å². The molecule has 1 aromatic carbocycles. The third-order valence-electron chi connectivity index (χ3n) is 3.59. The number of rotatable bonds is 5. The number of ether oxygens (including phenoxy) is 2. The first-order valence-corrected chi connectivity index (χ1v) is 6.95. The molecule has 0 unspecified atom stereocenters. The number of para-hydroxylation sites is 1. The van der Waals surface area contributed by atoms with Crippen molar-refractivity contribution in [3.8, 4) is 5.75 Å². The fourth-order valence-corrected chi connectivity index (χ4v) is 2.67. The van der Waals surface area contributed by atoms with Crippen LogP contribution in [0.3, 0.4) is 0 Å². The highest BCUT2D eigenvalue weighted by Gasteiger charge is 2.20. The van der Waals surface area contributed by atoms with E-state index in [9.17, 15) is 5.11 Å². The fourth-order valence-electron chi connectivity index (χ4n) is 2.67. The Hall–Kier alpha value is -2.11. The van der Waals surface area contributed by atoms with Crippen molar-refractivity contribution in [2.45, 2.75) is 13.0 Å². The summed E-state index contributed by atoms with van der Waals surface area (Å²) in [5, 5.41) is 11.6. The van der Waals surface area contributed by atoms with Crippen molar-refractivity contribution in [3.63, 3.8) is 0 Å². The van der Waals surface area contributed by atoms with Crippen LogP contribution < -0.4 is 4.74 Å².